The van der Waals surface area contributed by atoms with Gasteiger partial charge in [-0.1, -0.05) is 30.3 Å². The fourth-order valence-corrected chi connectivity index (χ4v) is 2.41. The van der Waals surface area contributed by atoms with E-state index >= 15 is 0 Å². The minimum absolute atomic E-state index is 0.0777. The summed E-state index contributed by atoms with van der Waals surface area (Å²) in [6.45, 7) is 0.379. The van der Waals surface area contributed by atoms with E-state index in [9.17, 15) is 18.0 Å². The van der Waals surface area contributed by atoms with Gasteiger partial charge in [-0.15, -0.1) is 0 Å². The molecule has 0 aliphatic carbocycles. The van der Waals surface area contributed by atoms with Gasteiger partial charge in [-0.3, -0.25) is 4.79 Å². The zero-order valence-electron chi connectivity index (χ0n) is 14.3. The quantitative estimate of drug-likeness (QED) is 0.690. The van der Waals surface area contributed by atoms with Crippen molar-refractivity contribution in [2.75, 3.05) is 12.4 Å². The molecular formula is C19H15F3N4O. The number of hydrogen-bond acceptors (Lipinski definition) is 4. The number of halogens is 3. The SMILES string of the molecule is CN(Cc1ccccc1)C(=O)c1ccnc(Nc2ccc(F)c(F)c2F)n1. The summed E-state index contributed by atoms with van der Waals surface area (Å²) in [4.78, 5) is 21.9. The largest absolute Gasteiger partial charge is 0.336 e. The molecule has 8 heteroatoms. The van der Waals surface area contributed by atoms with E-state index in [0.29, 0.717) is 6.54 Å². The molecule has 1 N–H and O–H groups in total. The highest BCUT2D eigenvalue weighted by atomic mass is 19.2. The van der Waals surface area contributed by atoms with Crippen LogP contribution in [0.25, 0.3) is 0 Å². The molecule has 1 amide bonds. The Balaban J connectivity index is 1.77. The Hall–Kier alpha value is -3.42. The van der Waals surface area contributed by atoms with E-state index in [1.807, 2.05) is 30.3 Å². The third-order valence-corrected chi connectivity index (χ3v) is 3.77. The van der Waals surface area contributed by atoms with Crippen molar-refractivity contribution in [2.24, 2.45) is 0 Å². The predicted molar refractivity (Wildman–Crippen MR) is 93.9 cm³/mol. The number of carbonyl (C=O) groups is 1. The number of rotatable bonds is 5. The predicted octanol–water partition coefficient (Wildman–Crippen LogP) is 3.91. The van der Waals surface area contributed by atoms with Crippen molar-refractivity contribution >= 4 is 17.5 Å². The Morgan fingerprint density at radius 3 is 2.52 bits per heavy atom. The van der Waals surface area contributed by atoms with E-state index < -0.39 is 17.5 Å². The van der Waals surface area contributed by atoms with E-state index in [4.69, 9.17) is 0 Å². The molecule has 0 aliphatic heterocycles. The van der Waals surface area contributed by atoms with Gasteiger partial charge in [-0.05, 0) is 23.8 Å². The van der Waals surface area contributed by atoms with E-state index in [1.165, 1.54) is 17.2 Å². The van der Waals surface area contributed by atoms with Crippen molar-refractivity contribution < 1.29 is 18.0 Å². The summed E-state index contributed by atoms with van der Waals surface area (Å²) >= 11 is 0. The average Bonchev–Trinajstić information content (AvgIpc) is 2.69. The molecule has 0 aliphatic rings. The smallest absolute Gasteiger partial charge is 0.272 e. The number of amides is 1. The number of nitrogens with one attached hydrogen (secondary N) is 1. The molecule has 3 rings (SSSR count). The van der Waals surface area contributed by atoms with Crippen molar-refractivity contribution in [3.8, 4) is 0 Å². The summed E-state index contributed by atoms with van der Waals surface area (Å²) in [5, 5.41) is 2.45. The van der Waals surface area contributed by atoms with Crippen LogP contribution in [0.15, 0.2) is 54.7 Å². The Kier molecular flexibility index (Phi) is 5.35. The van der Waals surface area contributed by atoms with Crippen molar-refractivity contribution in [1.82, 2.24) is 14.9 Å². The first-order chi connectivity index (χ1) is 13.0. The number of nitrogens with zero attached hydrogens (tertiary/aromatic N) is 3. The van der Waals surface area contributed by atoms with Crippen LogP contribution in [0.5, 0.6) is 0 Å². The standard InChI is InChI=1S/C19H15F3N4O/c1-26(11-12-5-3-2-4-6-12)18(27)15-9-10-23-19(25-15)24-14-8-7-13(20)16(21)17(14)22/h2-10H,11H2,1H3,(H,23,24,25). The zero-order valence-corrected chi connectivity index (χ0v) is 14.3. The van der Waals surface area contributed by atoms with E-state index in [1.54, 1.807) is 7.05 Å². The van der Waals surface area contributed by atoms with Crippen LogP contribution in [0.2, 0.25) is 0 Å². The fraction of sp³-hybridized carbons (Fsp3) is 0.105. The molecule has 5 nitrogen and oxygen atoms in total. The summed E-state index contributed by atoms with van der Waals surface area (Å²) < 4.78 is 40.1. The fourth-order valence-electron chi connectivity index (χ4n) is 2.41. The van der Waals surface area contributed by atoms with Gasteiger partial charge in [0.05, 0.1) is 5.69 Å². The summed E-state index contributed by atoms with van der Waals surface area (Å²) in [6, 6.07) is 12.6. The van der Waals surface area contributed by atoms with Crippen LogP contribution >= 0.6 is 0 Å². The molecule has 27 heavy (non-hydrogen) atoms. The van der Waals surface area contributed by atoms with Crippen LogP contribution in [0.4, 0.5) is 24.8 Å². The van der Waals surface area contributed by atoms with Crippen LogP contribution in [0.3, 0.4) is 0 Å². The Labute approximate surface area is 153 Å². The van der Waals surface area contributed by atoms with Gasteiger partial charge in [0.25, 0.3) is 5.91 Å². The minimum atomic E-state index is -1.60. The van der Waals surface area contributed by atoms with Gasteiger partial charge < -0.3 is 10.2 Å². The Morgan fingerprint density at radius 2 is 1.78 bits per heavy atom. The number of anilines is 2. The van der Waals surface area contributed by atoms with Gasteiger partial charge in [-0.25, -0.2) is 23.1 Å². The highest BCUT2D eigenvalue weighted by Gasteiger charge is 2.17. The van der Waals surface area contributed by atoms with E-state index in [-0.39, 0.29) is 23.2 Å². The molecule has 0 unspecified atom stereocenters. The van der Waals surface area contributed by atoms with Crippen molar-refractivity contribution in [1.29, 1.82) is 0 Å². The van der Waals surface area contributed by atoms with Gasteiger partial charge in [-0.2, -0.15) is 0 Å². The summed E-state index contributed by atoms with van der Waals surface area (Å²) in [5.74, 6) is -4.77. The molecule has 0 saturated carbocycles. The van der Waals surface area contributed by atoms with Crippen molar-refractivity contribution in [3.05, 3.63) is 83.4 Å². The van der Waals surface area contributed by atoms with Gasteiger partial charge in [0.2, 0.25) is 5.95 Å². The highest BCUT2D eigenvalue weighted by molar-refractivity contribution is 5.92. The topological polar surface area (TPSA) is 58.1 Å². The molecule has 0 bridgehead atoms. The van der Waals surface area contributed by atoms with E-state index in [2.05, 4.69) is 15.3 Å². The maximum atomic E-state index is 13.8. The third-order valence-electron chi connectivity index (χ3n) is 3.77. The number of aromatic nitrogens is 2. The first kappa shape index (κ1) is 18.4. The number of hydrogen-bond donors (Lipinski definition) is 1. The van der Waals surface area contributed by atoms with Crippen LogP contribution in [-0.4, -0.2) is 27.8 Å². The Morgan fingerprint density at radius 1 is 1.04 bits per heavy atom. The van der Waals surface area contributed by atoms with Crippen LogP contribution in [0, 0.1) is 17.5 Å². The summed E-state index contributed by atoms with van der Waals surface area (Å²) in [6.07, 6.45) is 1.32. The lowest BCUT2D eigenvalue weighted by molar-refractivity contribution is 0.0779. The second-order valence-corrected chi connectivity index (χ2v) is 5.76. The minimum Gasteiger partial charge on any atom is -0.336 e. The molecule has 3 aromatic rings. The monoisotopic (exact) mass is 372 g/mol. The summed E-state index contributed by atoms with van der Waals surface area (Å²) in [5.41, 5.74) is 0.690. The van der Waals surface area contributed by atoms with Crippen LogP contribution < -0.4 is 5.32 Å². The lowest BCUT2D eigenvalue weighted by Gasteiger charge is -2.17. The van der Waals surface area contributed by atoms with Crippen molar-refractivity contribution in [3.63, 3.8) is 0 Å². The maximum Gasteiger partial charge on any atom is 0.272 e. The zero-order chi connectivity index (χ0) is 19.4. The molecule has 0 atom stereocenters. The van der Waals surface area contributed by atoms with Gasteiger partial charge in [0.15, 0.2) is 17.5 Å². The average molecular weight is 372 g/mol. The first-order valence-electron chi connectivity index (χ1n) is 7.98. The molecule has 138 valence electrons. The molecular weight excluding hydrogens is 357 g/mol. The van der Waals surface area contributed by atoms with Gasteiger partial charge in [0, 0.05) is 19.8 Å². The van der Waals surface area contributed by atoms with Gasteiger partial charge in [0.1, 0.15) is 5.69 Å². The molecule has 0 radical (unpaired) electrons. The highest BCUT2D eigenvalue weighted by Crippen LogP contribution is 2.22. The second-order valence-electron chi connectivity index (χ2n) is 5.76. The molecule has 0 saturated heterocycles. The molecule has 0 spiro atoms. The summed E-state index contributed by atoms with van der Waals surface area (Å²) in [7, 11) is 1.62. The van der Waals surface area contributed by atoms with E-state index in [0.717, 1.165) is 17.7 Å². The molecule has 0 fully saturated rings. The molecule has 2 aromatic carbocycles. The normalized spacial score (nSPS) is 10.5. The number of benzene rings is 2. The van der Waals surface area contributed by atoms with Gasteiger partial charge >= 0.3 is 0 Å². The maximum absolute atomic E-state index is 13.8. The Bertz CT molecular complexity index is 966. The molecule has 1 aromatic heterocycles. The lowest BCUT2D eigenvalue weighted by atomic mass is 10.2. The van der Waals surface area contributed by atoms with Crippen LogP contribution in [0.1, 0.15) is 16.1 Å². The first-order valence-corrected chi connectivity index (χ1v) is 7.98. The third kappa shape index (κ3) is 4.22. The molecule has 1 heterocycles. The van der Waals surface area contributed by atoms with Crippen molar-refractivity contribution in [2.45, 2.75) is 6.54 Å². The second kappa shape index (κ2) is 7.86. The lowest BCUT2D eigenvalue weighted by Crippen LogP contribution is -2.27. The van der Waals surface area contributed by atoms with Crippen LogP contribution in [-0.2, 0) is 6.54 Å². The number of carbonyl (C=O) groups excluding carboxylic acids is 1.